The van der Waals surface area contributed by atoms with Crippen molar-refractivity contribution in [3.05, 3.63) is 51.8 Å². The van der Waals surface area contributed by atoms with Gasteiger partial charge in [0.05, 0.1) is 15.9 Å². The molecule has 114 valence electrons. The maximum atomic E-state index is 4.59. The molecule has 0 amide bonds. The first-order valence-corrected chi connectivity index (χ1v) is 8.32. The van der Waals surface area contributed by atoms with E-state index in [1.54, 1.807) is 0 Å². The third kappa shape index (κ3) is 3.95. The Hall–Kier alpha value is -1.13. The lowest BCUT2D eigenvalue weighted by atomic mass is 10.2. The summed E-state index contributed by atoms with van der Waals surface area (Å²) in [7, 11) is 0. The molecule has 0 radical (unpaired) electrons. The molecular formula is C17H24BrN3. The van der Waals surface area contributed by atoms with Gasteiger partial charge in [-0.3, -0.25) is 9.58 Å². The monoisotopic (exact) mass is 349 g/mol. The summed E-state index contributed by atoms with van der Waals surface area (Å²) in [6, 6.07) is 11.1. The van der Waals surface area contributed by atoms with Crippen molar-refractivity contribution in [2.45, 2.75) is 53.4 Å². The molecule has 21 heavy (non-hydrogen) atoms. The third-order valence-electron chi connectivity index (χ3n) is 3.76. The molecule has 0 aliphatic heterocycles. The van der Waals surface area contributed by atoms with E-state index in [1.165, 1.54) is 11.3 Å². The van der Waals surface area contributed by atoms with Crippen LogP contribution >= 0.6 is 15.9 Å². The molecule has 0 unspecified atom stereocenters. The van der Waals surface area contributed by atoms with Gasteiger partial charge in [0, 0.05) is 25.7 Å². The summed E-state index contributed by atoms with van der Waals surface area (Å²) in [6.45, 7) is 11.4. The second kappa shape index (κ2) is 7.23. The summed E-state index contributed by atoms with van der Waals surface area (Å²) >= 11 is 3.69. The van der Waals surface area contributed by atoms with E-state index in [-0.39, 0.29) is 0 Å². The normalized spacial score (nSPS) is 11.6. The SMILES string of the molecule is CCn1nc(C)c(Br)c1CN(Cc1ccccc1)C(C)C. The zero-order valence-electron chi connectivity index (χ0n) is 13.3. The van der Waals surface area contributed by atoms with Crippen LogP contribution in [0.3, 0.4) is 0 Å². The highest BCUT2D eigenvalue weighted by atomic mass is 79.9. The fraction of sp³-hybridized carbons (Fsp3) is 0.471. The molecular weight excluding hydrogens is 326 g/mol. The highest BCUT2D eigenvalue weighted by molar-refractivity contribution is 9.10. The average molecular weight is 350 g/mol. The lowest BCUT2D eigenvalue weighted by Crippen LogP contribution is -2.31. The Morgan fingerprint density at radius 1 is 1.19 bits per heavy atom. The molecule has 1 aromatic heterocycles. The van der Waals surface area contributed by atoms with Crippen molar-refractivity contribution in [1.82, 2.24) is 14.7 Å². The molecule has 0 aliphatic rings. The standard InChI is InChI=1S/C17H24BrN3/c1-5-21-16(17(18)14(4)19-21)12-20(13(2)3)11-15-9-7-6-8-10-15/h6-10,13H,5,11-12H2,1-4H3. The van der Waals surface area contributed by atoms with Crippen LogP contribution in [0, 0.1) is 6.92 Å². The van der Waals surface area contributed by atoms with Gasteiger partial charge in [-0.15, -0.1) is 0 Å². The molecule has 1 heterocycles. The first kappa shape index (κ1) is 16.2. The van der Waals surface area contributed by atoms with Crippen molar-refractivity contribution >= 4 is 15.9 Å². The number of hydrogen-bond acceptors (Lipinski definition) is 2. The number of rotatable bonds is 6. The van der Waals surface area contributed by atoms with Gasteiger partial charge in [-0.25, -0.2) is 0 Å². The van der Waals surface area contributed by atoms with Crippen molar-refractivity contribution in [1.29, 1.82) is 0 Å². The van der Waals surface area contributed by atoms with Gasteiger partial charge in [-0.2, -0.15) is 5.10 Å². The smallest absolute Gasteiger partial charge is 0.0739 e. The first-order chi connectivity index (χ1) is 10.0. The Kier molecular flexibility index (Phi) is 5.59. The van der Waals surface area contributed by atoms with Crippen LogP contribution < -0.4 is 0 Å². The van der Waals surface area contributed by atoms with Crippen LogP contribution in [0.25, 0.3) is 0 Å². The molecule has 0 atom stereocenters. The van der Waals surface area contributed by atoms with Gasteiger partial charge in [0.15, 0.2) is 0 Å². The predicted octanol–water partition coefficient (Wildman–Crippen LogP) is 4.38. The molecule has 0 saturated carbocycles. The van der Waals surface area contributed by atoms with E-state index in [0.717, 1.165) is 29.8 Å². The van der Waals surface area contributed by atoms with E-state index in [4.69, 9.17) is 0 Å². The quantitative estimate of drug-likeness (QED) is 0.771. The van der Waals surface area contributed by atoms with Crippen LogP contribution in [0.15, 0.2) is 34.8 Å². The van der Waals surface area contributed by atoms with Crippen LogP contribution in [-0.4, -0.2) is 20.7 Å². The summed E-state index contributed by atoms with van der Waals surface area (Å²) in [6.07, 6.45) is 0. The zero-order chi connectivity index (χ0) is 15.4. The minimum absolute atomic E-state index is 0.484. The first-order valence-electron chi connectivity index (χ1n) is 7.52. The molecule has 2 aromatic rings. The van der Waals surface area contributed by atoms with Crippen LogP contribution in [-0.2, 0) is 19.6 Å². The molecule has 0 saturated heterocycles. The summed E-state index contributed by atoms with van der Waals surface area (Å²) in [4.78, 5) is 2.47. The van der Waals surface area contributed by atoms with Gasteiger partial charge >= 0.3 is 0 Å². The van der Waals surface area contributed by atoms with Crippen LogP contribution in [0.5, 0.6) is 0 Å². The average Bonchev–Trinajstić information content (AvgIpc) is 2.75. The molecule has 4 heteroatoms. The molecule has 0 bridgehead atoms. The van der Waals surface area contributed by atoms with Gasteiger partial charge in [0.1, 0.15) is 0 Å². The van der Waals surface area contributed by atoms with Crippen molar-refractivity contribution in [2.75, 3.05) is 0 Å². The van der Waals surface area contributed by atoms with Gasteiger partial charge in [0.2, 0.25) is 0 Å². The largest absolute Gasteiger partial charge is 0.291 e. The summed E-state index contributed by atoms with van der Waals surface area (Å²) in [5.74, 6) is 0. The second-order valence-electron chi connectivity index (χ2n) is 5.65. The van der Waals surface area contributed by atoms with Crippen molar-refractivity contribution in [3.63, 3.8) is 0 Å². The van der Waals surface area contributed by atoms with Crippen LogP contribution in [0.4, 0.5) is 0 Å². The van der Waals surface area contributed by atoms with Crippen LogP contribution in [0.2, 0.25) is 0 Å². The minimum atomic E-state index is 0.484. The lowest BCUT2D eigenvalue weighted by molar-refractivity contribution is 0.197. The number of aromatic nitrogens is 2. The topological polar surface area (TPSA) is 21.1 Å². The van der Waals surface area contributed by atoms with Crippen molar-refractivity contribution in [3.8, 4) is 0 Å². The Morgan fingerprint density at radius 3 is 2.43 bits per heavy atom. The van der Waals surface area contributed by atoms with Gasteiger partial charge < -0.3 is 0 Å². The Balaban J connectivity index is 2.21. The van der Waals surface area contributed by atoms with Gasteiger partial charge in [0.25, 0.3) is 0 Å². The molecule has 2 rings (SSSR count). The number of benzene rings is 1. The Morgan fingerprint density at radius 2 is 1.86 bits per heavy atom. The molecule has 0 aliphatic carbocycles. The lowest BCUT2D eigenvalue weighted by Gasteiger charge is -2.27. The van der Waals surface area contributed by atoms with E-state index in [9.17, 15) is 0 Å². The summed E-state index contributed by atoms with van der Waals surface area (Å²) in [5.41, 5.74) is 3.68. The highest BCUT2D eigenvalue weighted by Crippen LogP contribution is 2.24. The van der Waals surface area contributed by atoms with Crippen molar-refractivity contribution < 1.29 is 0 Å². The van der Waals surface area contributed by atoms with E-state index < -0.39 is 0 Å². The number of aryl methyl sites for hydroxylation is 2. The minimum Gasteiger partial charge on any atom is -0.291 e. The fourth-order valence-corrected chi connectivity index (χ4v) is 2.86. The molecule has 0 fully saturated rings. The molecule has 1 aromatic carbocycles. The second-order valence-corrected chi connectivity index (χ2v) is 6.44. The Labute approximate surface area is 136 Å². The summed E-state index contributed by atoms with van der Waals surface area (Å²) < 4.78 is 3.24. The maximum Gasteiger partial charge on any atom is 0.0739 e. The van der Waals surface area contributed by atoms with E-state index >= 15 is 0 Å². The van der Waals surface area contributed by atoms with Crippen molar-refractivity contribution in [2.24, 2.45) is 0 Å². The van der Waals surface area contributed by atoms with Gasteiger partial charge in [-0.1, -0.05) is 30.3 Å². The van der Waals surface area contributed by atoms with E-state index in [0.29, 0.717) is 6.04 Å². The Bertz CT molecular complexity index is 575. The number of nitrogens with zero attached hydrogens (tertiary/aromatic N) is 3. The molecule has 0 N–H and O–H groups in total. The fourth-order valence-electron chi connectivity index (χ4n) is 2.45. The van der Waals surface area contributed by atoms with Gasteiger partial charge in [-0.05, 0) is 49.2 Å². The third-order valence-corrected chi connectivity index (χ3v) is 4.80. The summed E-state index contributed by atoms with van der Waals surface area (Å²) in [5, 5.41) is 4.59. The van der Waals surface area contributed by atoms with E-state index in [2.05, 4.69) is 88.6 Å². The number of halogens is 1. The number of hydrogen-bond donors (Lipinski definition) is 0. The van der Waals surface area contributed by atoms with Crippen LogP contribution in [0.1, 0.15) is 37.7 Å². The predicted molar refractivity (Wildman–Crippen MR) is 91.2 cm³/mol. The van der Waals surface area contributed by atoms with E-state index in [1.807, 2.05) is 0 Å². The molecule has 0 spiro atoms. The maximum absolute atomic E-state index is 4.59. The zero-order valence-corrected chi connectivity index (χ0v) is 14.9. The molecule has 3 nitrogen and oxygen atoms in total. The highest BCUT2D eigenvalue weighted by Gasteiger charge is 2.18.